The Morgan fingerprint density at radius 1 is 1.17 bits per heavy atom. The van der Waals surface area contributed by atoms with Crippen molar-refractivity contribution in [2.45, 2.75) is 11.4 Å². The van der Waals surface area contributed by atoms with Gasteiger partial charge < -0.3 is 10.1 Å². The van der Waals surface area contributed by atoms with Crippen LogP contribution < -0.4 is 10.1 Å². The summed E-state index contributed by atoms with van der Waals surface area (Å²) >= 11 is 5.81. The number of ether oxygens (including phenoxy) is 1. The molecule has 2 aromatic carbocycles. The molecule has 0 spiro atoms. The number of urea groups is 1. The van der Waals surface area contributed by atoms with Crippen LogP contribution in [0.5, 0.6) is 5.75 Å². The Morgan fingerprint density at radius 2 is 1.87 bits per heavy atom. The molecule has 0 aromatic heterocycles. The summed E-state index contributed by atoms with van der Waals surface area (Å²) in [6, 6.07) is 10.4. The monoisotopic (exact) mass is 352 g/mol. The lowest BCUT2D eigenvalue weighted by Gasteiger charge is -2.29. The van der Waals surface area contributed by atoms with Gasteiger partial charge in [0.2, 0.25) is 0 Å². The third-order valence-electron chi connectivity index (χ3n) is 3.46. The first-order valence-electron chi connectivity index (χ1n) is 6.68. The van der Waals surface area contributed by atoms with E-state index in [9.17, 15) is 13.2 Å². The van der Waals surface area contributed by atoms with Crippen LogP contribution in [0.4, 0.5) is 10.5 Å². The number of amides is 2. The zero-order chi connectivity index (χ0) is 16.6. The van der Waals surface area contributed by atoms with Gasteiger partial charge in [-0.2, -0.15) is 0 Å². The highest BCUT2D eigenvalue weighted by molar-refractivity contribution is 7.90. The molecule has 0 unspecified atom stereocenters. The Bertz CT molecular complexity index is 866. The Balaban J connectivity index is 1.99. The molecular formula is C15H13ClN2O4S. The van der Waals surface area contributed by atoms with E-state index in [4.69, 9.17) is 16.3 Å². The second-order valence-corrected chi connectivity index (χ2v) is 7.20. The van der Waals surface area contributed by atoms with Gasteiger partial charge in [-0.15, -0.1) is 0 Å². The summed E-state index contributed by atoms with van der Waals surface area (Å²) in [5.74, 6) is 0.463. The van der Waals surface area contributed by atoms with Crippen LogP contribution >= 0.6 is 11.6 Å². The average Bonchev–Trinajstić information content (AvgIpc) is 2.52. The topological polar surface area (TPSA) is 75.7 Å². The van der Waals surface area contributed by atoms with E-state index in [0.29, 0.717) is 16.3 Å². The molecule has 6 nitrogen and oxygen atoms in total. The van der Waals surface area contributed by atoms with Crippen molar-refractivity contribution in [1.82, 2.24) is 4.31 Å². The molecule has 8 heteroatoms. The van der Waals surface area contributed by atoms with Gasteiger partial charge in [-0.3, -0.25) is 0 Å². The van der Waals surface area contributed by atoms with Gasteiger partial charge in [-0.25, -0.2) is 17.5 Å². The number of nitrogens with zero attached hydrogens (tertiary/aromatic N) is 1. The second-order valence-electron chi connectivity index (χ2n) is 4.93. The molecule has 0 radical (unpaired) electrons. The number of fused-ring (bicyclic) bond motifs is 1. The van der Waals surface area contributed by atoms with Crippen molar-refractivity contribution in [1.29, 1.82) is 0 Å². The Morgan fingerprint density at radius 3 is 2.52 bits per heavy atom. The predicted octanol–water partition coefficient (Wildman–Crippen LogP) is 3.09. The van der Waals surface area contributed by atoms with Crippen LogP contribution in [0.15, 0.2) is 47.4 Å². The Hall–Kier alpha value is -2.25. The molecule has 2 aromatic rings. The standard InChI is InChI=1S/C15H13ClN2O4S/c1-22-12-6-7-14-13(8-12)17-15(19)18(23(14,20)21)9-10-2-4-11(16)5-3-10/h2-8H,9H2,1H3,(H,17,19). The average molecular weight is 353 g/mol. The van der Waals surface area contributed by atoms with Crippen LogP contribution in [-0.4, -0.2) is 25.9 Å². The maximum Gasteiger partial charge on any atom is 0.336 e. The van der Waals surface area contributed by atoms with Crippen LogP contribution in [0.25, 0.3) is 0 Å². The minimum Gasteiger partial charge on any atom is -0.497 e. The number of carbonyl (C=O) groups is 1. The fourth-order valence-electron chi connectivity index (χ4n) is 2.28. The zero-order valence-electron chi connectivity index (χ0n) is 12.1. The molecular weight excluding hydrogens is 340 g/mol. The highest BCUT2D eigenvalue weighted by atomic mass is 35.5. The lowest BCUT2D eigenvalue weighted by molar-refractivity contribution is 0.233. The molecule has 0 saturated carbocycles. The minimum atomic E-state index is -3.93. The molecule has 0 fully saturated rings. The van der Waals surface area contributed by atoms with Gasteiger partial charge in [-0.05, 0) is 29.8 Å². The number of nitrogens with one attached hydrogen (secondary N) is 1. The van der Waals surface area contributed by atoms with Crippen molar-refractivity contribution in [3.8, 4) is 5.75 Å². The van der Waals surface area contributed by atoms with Crippen LogP contribution in [0.3, 0.4) is 0 Å². The van der Waals surface area contributed by atoms with Gasteiger partial charge in [0.25, 0.3) is 10.0 Å². The van der Waals surface area contributed by atoms with E-state index in [1.807, 2.05) is 0 Å². The second kappa shape index (κ2) is 5.75. The van der Waals surface area contributed by atoms with E-state index >= 15 is 0 Å². The van der Waals surface area contributed by atoms with E-state index in [0.717, 1.165) is 4.31 Å². The van der Waals surface area contributed by atoms with Crippen molar-refractivity contribution in [3.05, 3.63) is 53.1 Å². The molecule has 120 valence electrons. The number of carbonyl (C=O) groups excluding carboxylic acids is 1. The molecule has 2 amide bonds. The summed E-state index contributed by atoms with van der Waals surface area (Å²) in [6.45, 7) is -0.0726. The van der Waals surface area contributed by atoms with Crippen LogP contribution in [0.2, 0.25) is 5.02 Å². The normalized spacial score (nSPS) is 15.7. The molecule has 1 aliphatic heterocycles. The molecule has 0 aliphatic carbocycles. The van der Waals surface area contributed by atoms with E-state index < -0.39 is 16.1 Å². The van der Waals surface area contributed by atoms with Crippen LogP contribution in [0.1, 0.15) is 5.56 Å². The van der Waals surface area contributed by atoms with E-state index in [2.05, 4.69) is 5.32 Å². The van der Waals surface area contributed by atoms with E-state index in [1.165, 1.54) is 25.3 Å². The fourth-order valence-corrected chi connectivity index (χ4v) is 3.85. The molecule has 0 atom stereocenters. The SMILES string of the molecule is COc1ccc2c(c1)NC(=O)N(Cc1ccc(Cl)cc1)S2(=O)=O. The van der Waals surface area contributed by atoms with Crippen molar-refractivity contribution >= 4 is 33.3 Å². The van der Waals surface area contributed by atoms with Gasteiger partial charge in [0.1, 0.15) is 10.6 Å². The molecule has 0 bridgehead atoms. The number of rotatable bonds is 3. The molecule has 1 aliphatic rings. The Labute approximate surface area is 138 Å². The summed E-state index contributed by atoms with van der Waals surface area (Å²) < 4.78 is 31.2. The summed E-state index contributed by atoms with van der Waals surface area (Å²) in [4.78, 5) is 12.2. The summed E-state index contributed by atoms with van der Waals surface area (Å²) in [6.07, 6.45) is 0. The summed E-state index contributed by atoms with van der Waals surface area (Å²) in [7, 11) is -2.47. The maximum atomic E-state index is 12.7. The first-order chi connectivity index (χ1) is 10.9. The quantitative estimate of drug-likeness (QED) is 0.921. The Kier molecular flexibility index (Phi) is 3.91. The number of benzene rings is 2. The van der Waals surface area contributed by atoms with E-state index in [1.54, 1.807) is 24.3 Å². The number of methoxy groups -OCH3 is 1. The van der Waals surface area contributed by atoms with Crippen molar-refractivity contribution < 1.29 is 17.9 Å². The van der Waals surface area contributed by atoms with Crippen molar-refractivity contribution in [3.63, 3.8) is 0 Å². The molecule has 0 saturated heterocycles. The lowest BCUT2D eigenvalue weighted by Crippen LogP contribution is -2.43. The molecule has 1 N–H and O–H groups in total. The number of anilines is 1. The highest BCUT2D eigenvalue weighted by Crippen LogP contribution is 2.33. The predicted molar refractivity (Wildman–Crippen MR) is 86.2 cm³/mol. The van der Waals surface area contributed by atoms with Crippen molar-refractivity contribution in [2.75, 3.05) is 12.4 Å². The third kappa shape index (κ3) is 2.85. The first kappa shape index (κ1) is 15.6. The molecule has 3 rings (SSSR count). The van der Waals surface area contributed by atoms with Crippen molar-refractivity contribution in [2.24, 2.45) is 0 Å². The maximum absolute atomic E-state index is 12.7. The number of halogens is 1. The largest absolute Gasteiger partial charge is 0.497 e. The van der Waals surface area contributed by atoms with Gasteiger partial charge >= 0.3 is 6.03 Å². The van der Waals surface area contributed by atoms with Crippen LogP contribution in [-0.2, 0) is 16.6 Å². The first-order valence-corrected chi connectivity index (χ1v) is 8.50. The summed E-state index contributed by atoms with van der Waals surface area (Å²) in [5, 5.41) is 3.11. The number of sulfonamides is 1. The smallest absolute Gasteiger partial charge is 0.336 e. The summed E-state index contributed by atoms with van der Waals surface area (Å²) in [5.41, 5.74) is 0.867. The van der Waals surface area contributed by atoms with E-state index in [-0.39, 0.29) is 17.1 Å². The lowest BCUT2D eigenvalue weighted by atomic mass is 10.2. The van der Waals surface area contributed by atoms with Crippen LogP contribution in [0, 0.1) is 0 Å². The highest BCUT2D eigenvalue weighted by Gasteiger charge is 2.36. The minimum absolute atomic E-state index is 0.0341. The zero-order valence-corrected chi connectivity index (χ0v) is 13.7. The molecule has 23 heavy (non-hydrogen) atoms. The van der Waals surface area contributed by atoms with Gasteiger partial charge in [0.05, 0.1) is 19.3 Å². The number of hydrogen-bond donors (Lipinski definition) is 1. The number of hydrogen-bond acceptors (Lipinski definition) is 4. The fraction of sp³-hybridized carbons (Fsp3) is 0.133. The molecule has 1 heterocycles. The van der Waals surface area contributed by atoms with Gasteiger partial charge in [0, 0.05) is 11.1 Å². The van der Waals surface area contributed by atoms with Gasteiger partial charge in [-0.1, -0.05) is 23.7 Å². The van der Waals surface area contributed by atoms with Gasteiger partial charge in [0.15, 0.2) is 0 Å². The third-order valence-corrected chi connectivity index (χ3v) is 5.50.